The van der Waals surface area contributed by atoms with E-state index in [2.05, 4.69) is 25.4 Å². The third-order valence-electron chi connectivity index (χ3n) is 4.52. The number of carbonyl (C=O) groups excluding carboxylic acids is 1. The monoisotopic (exact) mass is 302 g/mol. The van der Waals surface area contributed by atoms with Gasteiger partial charge in [-0.05, 0) is 32.3 Å². The standard InChI is InChI=1S/C15H22N6O/c1-10-11(2)18-19-13(10)5-6-14(22)21-7-3-4-12(8-21)15-16-9-17-20-15/h9,12H,3-8H2,1-2H3,(H,18,19)(H,16,17,20)/t12-/m0/s1. The number of nitrogens with one attached hydrogen (secondary N) is 2. The molecule has 118 valence electrons. The van der Waals surface area contributed by atoms with Crippen LogP contribution >= 0.6 is 0 Å². The number of amides is 1. The van der Waals surface area contributed by atoms with Gasteiger partial charge >= 0.3 is 0 Å². The predicted octanol–water partition coefficient (Wildman–Crippen LogP) is 1.48. The van der Waals surface area contributed by atoms with Crippen LogP contribution in [0.3, 0.4) is 0 Å². The fourth-order valence-corrected chi connectivity index (χ4v) is 3.00. The van der Waals surface area contributed by atoms with Crippen LogP contribution in [0.25, 0.3) is 0 Å². The number of carbonyl (C=O) groups is 1. The zero-order valence-electron chi connectivity index (χ0n) is 13.1. The molecule has 1 fully saturated rings. The fraction of sp³-hybridized carbons (Fsp3) is 0.600. The molecule has 2 N–H and O–H groups in total. The lowest BCUT2D eigenvalue weighted by Crippen LogP contribution is -2.39. The largest absolute Gasteiger partial charge is 0.342 e. The zero-order chi connectivity index (χ0) is 15.5. The topological polar surface area (TPSA) is 90.6 Å². The Hall–Kier alpha value is -2.18. The van der Waals surface area contributed by atoms with E-state index >= 15 is 0 Å². The second-order valence-corrected chi connectivity index (χ2v) is 5.97. The van der Waals surface area contributed by atoms with Gasteiger partial charge in [0.05, 0.1) is 5.69 Å². The highest BCUT2D eigenvalue weighted by molar-refractivity contribution is 5.76. The number of nitrogens with zero attached hydrogens (tertiary/aromatic N) is 4. The van der Waals surface area contributed by atoms with E-state index in [4.69, 9.17) is 0 Å². The molecular formula is C15H22N6O. The highest BCUT2D eigenvalue weighted by atomic mass is 16.2. The summed E-state index contributed by atoms with van der Waals surface area (Å²) in [5.41, 5.74) is 3.23. The van der Waals surface area contributed by atoms with Crippen LogP contribution < -0.4 is 0 Å². The summed E-state index contributed by atoms with van der Waals surface area (Å²) in [4.78, 5) is 18.6. The molecule has 1 aliphatic rings. The van der Waals surface area contributed by atoms with Gasteiger partial charge in [-0.25, -0.2) is 4.98 Å². The van der Waals surface area contributed by atoms with Crippen molar-refractivity contribution in [3.05, 3.63) is 29.1 Å². The van der Waals surface area contributed by atoms with Crippen molar-refractivity contribution in [3.63, 3.8) is 0 Å². The average Bonchev–Trinajstić information content (AvgIpc) is 3.17. The van der Waals surface area contributed by atoms with Crippen LogP contribution in [0.4, 0.5) is 0 Å². The number of aryl methyl sites for hydroxylation is 2. The molecule has 1 atom stereocenters. The minimum Gasteiger partial charge on any atom is -0.342 e. The first-order valence-corrected chi connectivity index (χ1v) is 7.78. The molecule has 22 heavy (non-hydrogen) atoms. The van der Waals surface area contributed by atoms with Gasteiger partial charge in [-0.3, -0.25) is 15.0 Å². The van der Waals surface area contributed by atoms with Crippen LogP contribution in [0.2, 0.25) is 0 Å². The van der Waals surface area contributed by atoms with E-state index in [-0.39, 0.29) is 11.8 Å². The van der Waals surface area contributed by atoms with Crippen molar-refractivity contribution >= 4 is 5.91 Å². The lowest BCUT2D eigenvalue weighted by atomic mass is 9.97. The lowest BCUT2D eigenvalue weighted by molar-refractivity contribution is -0.132. The first-order valence-electron chi connectivity index (χ1n) is 7.78. The Morgan fingerprint density at radius 1 is 1.41 bits per heavy atom. The third-order valence-corrected chi connectivity index (χ3v) is 4.52. The molecule has 2 aromatic heterocycles. The van der Waals surface area contributed by atoms with E-state index in [0.717, 1.165) is 48.7 Å². The Balaban J connectivity index is 1.56. The Morgan fingerprint density at radius 2 is 2.27 bits per heavy atom. The molecule has 7 heteroatoms. The van der Waals surface area contributed by atoms with Crippen LogP contribution in [0.1, 0.15) is 48.0 Å². The number of aromatic amines is 2. The average molecular weight is 302 g/mol. The molecule has 2 aromatic rings. The van der Waals surface area contributed by atoms with Crippen molar-refractivity contribution in [3.8, 4) is 0 Å². The van der Waals surface area contributed by atoms with Crippen molar-refractivity contribution in [2.24, 2.45) is 0 Å². The molecule has 0 unspecified atom stereocenters. The van der Waals surface area contributed by atoms with Gasteiger partial charge in [0.25, 0.3) is 0 Å². The van der Waals surface area contributed by atoms with Crippen molar-refractivity contribution in [2.75, 3.05) is 13.1 Å². The van der Waals surface area contributed by atoms with Gasteiger partial charge in [-0.2, -0.15) is 10.2 Å². The van der Waals surface area contributed by atoms with Crippen LogP contribution in [0, 0.1) is 13.8 Å². The predicted molar refractivity (Wildman–Crippen MR) is 81.3 cm³/mol. The number of hydrogen-bond acceptors (Lipinski definition) is 4. The summed E-state index contributed by atoms with van der Waals surface area (Å²) in [6.45, 7) is 5.61. The number of aromatic nitrogens is 5. The van der Waals surface area contributed by atoms with E-state index < -0.39 is 0 Å². The number of piperidine rings is 1. The smallest absolute Gasteiger partial charge is 0.222 e. The van der Waals surface area contributed by atoms with Crippen LogP contribution in [-0.4, -0.2) is 49.3 Å². The van der Waals surface area contributed by atoms with Crippen molar-refractivity contribution in [2.45, 2.75) is 45.4 Å². The van der Waals surface area contributed by atoms with Crippen molar-refractivity contribution in [1.29, 1.82) is 0 Å². The van der Waals surface area contributed by atoms with Crippen LogP contribution in [0.15, 0.2) is 6.33 Å². The summed E-state index contributed by atoms with van der Waals surface area (Å²) in [6, 6.07) is 0. The molecular weight excluding hydrogens is 280 g/mol. The number of rotatable bonds is 4. The minimum absolute atomic E-state index is 0.198. The maximum Gasteiger partial charge on any atom is 0.222 e. The van der Waals surface area contributed by atoms with Crippen molar-refractivity contribution < 1.29 is 4.79 Å². The first kappa shape index (κ1) is 14.7. The highest BCUT2D eigenvalue weighted by Gasteiger charge is 2.26. The molecule has 1 aliphatic heterocycles. The summed E-state index contributed by atoms with van der Waals surface area (Å²) < 4.78 is 0. The maximum absolute atomic E-state index is 12.4. The fourth-order valence-electron chi connectivity index (χ4n) is 3.00. The molecule has 1 saturated heterocycles. The van der Waals surface area contributed by atoms with E-state index in [1.165, 1.54) is 6.33 Å². The van der Waals surface area contributed by atoms with Crippen LogP contribution in [0.5, 0.6) is 0 Å². The van der Waals surface area contributed by atoms with Gasteiger partial charge in [-0.1, -0.05) is 0 Å². The normalized spacial score (nSPS) is 18.6. The van der Waals surface area contributed by atoms with E-state index in [1.807, 2.05) is 18.7 Å². The molecule has 0 radical (unpaired) electrons. The maximum atomic E-state index is 12.4. The molecule has 3 rings (SSSR count). The number of hydrogen-bond donors (Lipinski definition) is 2. The van der Waals surface area contributed by atoms with Crippen molar-refractivity contribution in [1.82, 2.24) is 30.3 Å². The Bertz CT molecular complexity index is 633. The Labute approximate surface area is 129 Å². The second kappa shape index (κ2) is 6.29. The molecule has 3 heterocycles. The second-order valence-electron chi connectivity index (χ2n) is 5.97. The van der Waals surface area contributed by atoms with Crippen LogP contribution in [-0.2, 0) is 11.2 Å². The minimum atomic E-state index is 0.198. The third kappa shape index (κ3) is 3.03. The molecule has 7 nitrogen and oxygen atoms in total. The van der Waals surface area contributed by atoms with Gasteiger partial charge < -0.3 is 4.90 Å². The molecule has 0 bridgehead atoms. The lowest BCUT2D eigenvalue weighted by Gasteiger charge is -2.31. The first-order chi connectivity index (χ1) is 10.6. The highest BCUT2D eigenvalue weighted by Crippen LogP contribution is 2.24. The van der Waals surface area contributed by atoms with Gasteiger partial charge in [0.1, 0.15) is 12.2 Å². The Kier molecular flexibility index (Phi) is 4.22. The van der Waals surface area contributed by atoms with E-state index in [1.54, 1.807) is 0 Å². The quantitative estimate of drug-likeness (QED) is 0.895. The molecule has 0 aliphatic carbocycles. The Morgan fingerprint density at radius 3 is 2.95 bits per heavy atom. The number of H-pyrrole nitrogens is 2. The number of likely N-dealkylation sites (tertiary alicyclic amines) is 1. The van der Waals surface area contributed by atoms with E-state index in [9.17, 15) is 4.79 Å². The van der Waals surface area contributed by atoms with Gasteiger partial charge in [-0.15, -0.1) is 0 Å². The summed E-state index contributed by atoms with van der Waals surface area (Å²) in [7, 11) is 0. The SMILES string of the molecule is Cc1[nH]nc(CCC(=O)N2CCC[C@H](c3ncn[nH]3)C2)c1C. The summed E-state index contributed by atoms with van der Waals surface area (Å²) in [5, 5.41) is 14.1. The molecule has 1 amide bonds. The summed E-state index contributed by atoms with van der Waals surface area (Å²) in [5.74, 6) is 1.36. The molecule has 0 aromatic carbocycles. The van der Waals surface area contributed by atoms with Gasteiger partial charge in [0.15, 0.2) is 0 Å². The zero-order valence-corrected chi connectivity index (χ0v) is 13.1. The summed E-state index contributed by atoms with van der Waals surface area (Å²) >= 11 is 0. The molecule has 0 saturated carbocycles. The summed E-state index contributed by atoms with van der Waals surface area (Å²) in [6.07, 6.45) is 4.79. The van der Waals surface area contributed by atoms with Gasteiger partial charge in [0.2, 0.25) is 5.91 Å². The van der Waals surface area contributed by atoms with Gasteiger partial charge in [0, 0.05) is 37.5 Å². The van der Waals surface area contributed by atoms with E-state index in [0.29, 0.717) is 12.8 Å². The molecule has 0 spiro atoms.